The molecule has 0 aliphatic carbocycles. The second-order valence-electron chi connectivity index (χ2n) is 6.38. The highest BCUT2D eigenvalue weighted by Gasteiger charge is 2.10. The van der Waals surface area contributed by atoms with Gasteiger partial charge < -0.3 is 9.73 Å². The van der Waals surface area contributed by atoms with E-state index >= 15 is 0 Å². The van der Waals surface area contributed by atoms with Crippen LogP contribution < -0.4 is 5.32 Å². The summed E-state index contributed by atoms with van der Waals surface area (Å²) in [6.45, 7) is 6.66. The monoisotopic (exact) mass is 338 g/mol. The summed E-state index contributed by atoms with van der Waals surface area (Å²) in [5.74, 6) is 1.72. The normalized spacial score (nSPS) is 11.0. The van der Waals surface area contributed by atoms with Crippen LogP contribution in [0.3, 0.4) is 0 Å². The molecule has 2 heterocycles. The van der Waals surface area contributed by atoms with E-state index in [-0.39, 0.29) is 5.91 Å². The van der Waals surface area contributed by atoms with Crippen LogP contribution >= 0.6 is 0 Å². The van der Waals surface area contributed by atoms with Crippen molar-refractivity contribution in [2.24, 2.45) is 0 Å². The predicted octanol–water partition coefficient (Wildman–Crippen LogP) is 4.00. The minimum atomic E-state index is -0.0425. The van der Waals surface area contributed by atoms with E-state index in [1.807, 2.05) is 37.4 Å². The van der Waals surface area contributed by atoms with Crippen LogP contribution in [0.5, 0.6) is 0 Å². The Balaban J connectivity index is 1.57. The Hall–Kier alpha value is -2.89. The molecule has 6 heteroatoms. The number of aryl methyl sites for hydroxylation is 2. The molecule has 0 atom stereocenters. The number of carbonyl (C=O) groups is 1. The van der Waals surface area contributed by atoms with Crippen molar-refractivity contribution < 1.29 is 9.21 Å². The SMILES string of the molecule is Cc1cnn(CCC(=O)Nc2ccc(-c3ncc(C(C)C)o3)cc2)c1. The first-order valence-corrected chi connectivity index (χ1v) is 8.36. The minimum Gasteiger partial charge on any atom is -0.441 e. The highest BCUT2D eigenvalue weighted by Crippen LogP contribution is 2.24. The fraction of sp³-hybridized carbons (Fsp3) is 0.316. The van der Waals surface area contributed by atoms with Crippen molar-refractivity contribution in [3.8, 4) is 11.5 Å². The Kier molecular flexibility index (Phi) is 4.97. The smallest absolute Gasteiger partial charge is 0.226 e. The highest BCUT2D eigenvalue weighted by molar-refractivity contribution is 5.90. The molecule has 130 valence electrons. The molecular weight excluding hydrogens is 316 g/mol. The molecule has 0 aliphatic rings. The third kappa shape index (κ3) is 4.35. The number of hydrogen-bond acceptors (Lipinski definition) is 4. The second kappa shape index (κ2) is 7.34. The number of benzene rings is 1. The molecule has 0 bridgehead atoms. The molecule has 1 N–H and O–H groups in total. The number of hydrogen-bond donors (Lipinski definition) is 1. The van der Waals surface area contributed by atoms with Crippen LogP contribution in [0.2, 0.25) is 0 Å². The van der Waals surface area contributed by atoms with Gasteiger partial charge in [0.2, 0.25) is 11.8 Å². The van der Waals surface area contributed by atoms with Crippen molar-refractivity contribution in [1.82, 2.24) is 14.8 Å². The van der Waals surface area contributed by atoms with E-state index in [9.17, 15) is 4.79 Å². The van der Waals surface area contributed by atoms with Gasteiger partial charge in [-0.3, -0.25) is 9.48 Å². The zero-order valence-corrected chi connectivity index (χ0v) is 14.7. The van der Waals surface area contributed by atoms with Crippen LogP contribution in [0.25, 0.3) is 11.5 Å². The van der Waals surface area contributed by atoms with Crippen molar-refractivity contribution >= 4 is 11.6 Å². The molecule has 0 unspecified atom stereocenters. The molecule has 3 rings (SSSR count). The molecular formula is C19H22N4O2. The van der Waals surface area contributed by atoms with Crippen molar-refractivity contribution in [2.45, 2.75) is 39.7 Å². The van der Waals surface area contributed by atoms with Crippen LogP contribution in [0, 0.1) is 6.92 Å². The summed E-state index contributed by atoms with van der Waals surface area (Å²) in [5, 5.41) is 7.06. The van der Waals surface area contributed by atoms with E-state index < -0.39 is 0 Å². The molecule has 1 amide bonds. The number of amides is 1. The molecule has 0 aliphatic heterocycles. The first-order chi connectivity index (χ1) is 12.0. The summed E-state index contributed by atoms with van der Waals surface area (Å²) in [7, 11) is 0. The second-order valence-corrected chi connectivity index (χ2v) is 6.38. The third-order valence-electron chi connectivity index (χ3n) is 3.84. The molecule has 25 heavy (non-hydrogen) atoms. The molecule has 3 aromatic rings. The maximum atomic E-state index is 12.0. The minimum absolute atomic E-state index is 0.0425. The average Bonchev–Trinajstić information content (AvgIpc) is 3.23. The zero-order valence-electron chi connectivity index (χ0n) is 14.7. The van der Waals surface area contributed by atoms with Crippen molar-refractivity contribution in [3.05, 3.63) is 54.2 Å². The van der Waals surface area contributed by atoms with Crippen LogP contribution in [0.15, 0.2) is 47.3 Å². The van der Waals surface area contributed by atoms with Gasteiger partial charge in [-0.15, -0.1) is 0 Å². The Labute approximate surface area is 146 Å². The van der Waals surface area contributed by atoms with Crippen LogP contribution in [0.4, 0.5) is 5.69 Å². The van der Waals surface area contributed by atoms with Gasteiger partial charge in [0.1, 0.15) is 5.76 Å². The number of oxazole rings is 1. The highest BCUT2D eigenvalue weighted by atomic mass is 16.4. The zero-order chi connectivity index (χ0) is 17.8. The van der Waals surface area contributed by atoms with Crippen molar-refractivity contribution in [1.29, 1.82) is 0 Å². The van der Waals surface area contributed by atoms with E-state index in [2.05, 4.69) is 29.2 Å². The molecule has 0 spiro atoms. The van der Waals surface area contributed by atoms with Crippen LogP contribution in [-0.4, -0.2) is 20.7 Å². The van der Waals surface area contributed by atoms with Crippen LogP contribution in [-0.2, 0) is 11.3 Å². The number of carbonyl (C=O) groups excluding carboxylic acids is 1. The third-order valence-corrected chi connectivity index (χ3v) is 3.84. The van der Waals surface area contributed by atoms with Gasteiger partial charge in [0.05, 0.1) is 12.4 Å². The van der Waals surface area contributed by atoms with Gasteiger partial charge in [-0.25, -0.2) is 4.98 Å². The standard InChI is InChI=1S/C19H22N4O2/c1-13(2)17-11-20-19(25-17)15-4-6-16(7-5-15)22-18(24)8-9-23-12-14(3)10-21-23/h4-7,10-13H,8-9H2,1-3H3,(H,22,24). The molecule has 0 saturated heterocycles. The lowest BCUT2D eigenvalue weighted by Gasteiger charge is -2.06. The maximum Gasteiger partial charge on any atom is 0.226 e. The van der Waals surface area contributed by atoms with Gasteiger partial charge in [-0.05, 0) is 36.8 Å². The summed E-state index contributed by atoms with van der Waals surface area (Å²) in [6.07, 6.45) is 5.83. The fourth-order valence-electron chi connectivity index (χ4n) is 2.41. The van der Waals surface area contributed by atoms with Gasteiger partial charge in [-0.2, -0.15) is 5.10 Å². The van der Waals surface area contributed by atoms with E-state index in [0.717, 1.165) is 22.6 Å². The van der Waals surface area contributed by atoms with Crippen LogP contribution in [0.1, 0.15) is 37.5 Å². The summed E-state index contributed by atoms with van der Waals surface area (Å²) < 4.78 is 7.50. The molecule has 2 aromatic heterocycles. The van der Waals surface area contributed by atoms with E-state index in [4.69, 9.17) is 4.42 Å². The van der Waals surface area contributed by atoms with Gasteiger partial charge in [0.15, 0.2) is 0 Å². The fourth-order valence-corrected chi connectivity index (χ4v) is 2.41. The van der Waals surface area contributed by atoms with E-state index in [1.54, 1.807) is 17.1 Å². The molecule has 0 saturated carbocycles. The van der Waals surface area contributed by atoms with Gasteiger partial charge >= 0.3 is 0 Å². The Morgan fingerprint density at radius 2 is 2.00 bits per heavy atom. The predicted molar refractivity (Wildman–Crippen MR) is 96.2 cm³/mol. The number of anilines is 1. The van der Waals surface area contributed by atoms with Gasteiger partial charge in [0, 0.05) is 36.3 Å². The summed E-state index contributed by atoms with van der Waals surface area (Å²) >= 11 is 0. The molecule has 0 fully saturated rings. The van der Waals surface area contributed by atoms with Gasteiger partial charge in [-0.1, -0.05) is 13.8 Å². The summed E-state index contributed by atoms with van der Waals surface area (Å²) in [5.41, 5.74) is 2.72. The maximum absolute atomic E-state index is 12.0. The summed E-state index contributed by atoms with van der Waals surface area (Å²) in [6, 6.07) is 7.49. The van der Waals surface area contributed by atoms with E-state index in [1.165, 1.54) is 0 Å². The summed E-state index contributed by atoms with van der Waals surface area (Å²) in [4.78, 5) is 16.3. The van der Waals surface area contributed by atoms with Gasteiger partial charge in [0.25, 0.3) is 0 Å². The molecule has 0 radical (unpaired) electrons. The lowest BCUT2D eigenvalue weighted by molar-refractivity contribution is -0.116. The quantitative estimate of drug-likeness (QED) is 0.737. The molecule has 6 nitrogen and oxygen atoms in total. The molecule has 1 aromatic carbocycles. The lowest BCUT2D eigenvalue weighted by Crippen LogP contribution is -2.14. The van der Waals surface area contributed by atoms with E-state index in [0.29, 0.717) is 24.8 Å². The van der Waals surface area contributed by atoms with Crippen molar-refractivity contribution in [2.75, 3.05) is 5.32 Å². The number of nitrogens with one attached hydrogen (secondary N) is 1. The average molecular weight is 338 g/mol. The Morgan fingerprint density at radius 3 is 2.60 bits per heavy atom. The first kappa shape index (κ1) is 17.0. The largest absolute Gasteiger partial charge is 0.441 e. The Morgan fingerprint density at radius 1 is 1.24 bits per heavy atom. The lowest BCUT2D eigenvalue weighted by atomic mass is 10.2. The number of aromatic nitrogens is 3. The topological polar surface area (TPSA) is 73.0 Å². The Bertz CT molecular complexity index is 846. The number of rotatable bonds is 6. The number of nitrogens with zero attached hydrogens (tertiary/aromatic N) is 3. The van der Waals surface area contributed by atoms with Crippen molar-refractivity contribution in [3.63, 3.8) is 0 Å². The first-order valence-electron chi connectivity index (χ1n) is 8.36.